The van der Waals surface area contributed by atoms with Crippen LogP contribution in [0.3, 0.4) is 0 Å². The second-order valence-electron chi connectivity index (χ2n) is 13.9. The van der Waals surface area contributed by atoms with Crippen molar-refractivity contribution in [3.8, 4) is 22.3 Å². The van der Waals surface area contributed by atoms with Gasteiger partial charge in [0.05, 0.1) is 20.7 Å². The average molecular weight is 709 g/mol. The summed E-state index contributed by atoms with van der Waals surface area (Å²) in [5, 5.41) is 1.62. The Bertz CT molecular complexity index is 3460. The van der Waals surface area contributed by atoms with E-state index in [0.717, 1.165) is 66.8 Å². The summed E-state index contributed by atoms with van der Waals surface area (Å²) in [5.41, 5.74) is 9.00. The Hall–Kier alpha value is -7.16. The Balaban J connectivity index is 1.26. The van der Waals surface area contributed by atoms with Gasteiger partial charge in [-0.15, -0.1) is 0 Å². The van der Waals surface area contributed by atoms with Crippen molar-refractivity contribution >= 4 is 49.8 Å². The fraction of sp³-hybridized carbons (Fsp3) is 0.0189. The molecule has 1 aromatic heterocycles. The number of rotatable bonds is 6. The minimum absolute atomic E-state index is 0.0912. The predicted octanol–water partition coefficient (Wildman–Crippen LogP) is 14.2. The summed E-state index contributed by atoms with van der Waals surface area (Å²) < 4.78 is 70.7. The van der Waals surface area contributed by atoms with Gasteiger partial charge in [0.1, 0.15) is 11.2 Å². The van der Waals surface area contributed by atoms with E-state index in [1.807, 2.05) is 115 Å². The quantitative estimate of drug-likeness (QED) is 0.171. The number of hydrogen-bond acceptors (Lipinski definition) is 2. The van der Waals surface area contributed by atoms with Gasteiger partial charge >= 0.3 is 0 Å². The highest BCUT2D eigenvalue weighted by atomic mass is 16.3. The van der Waals surface area contributed by atoms with Gasteiger partial charge in [0, 0.05) is 27.7 Å². The first kappa shape index (κ1) is 25.0. The molecule has 10 aromatic rings. The SMILES string of the molecule is [2H]c1c([2H])c([2H])c2c([2H])c(C3(c4ccc5c(c4)oc4ccccc45)c4ccccc4-c4cc(N(c5ccccc5)c5ccccc5-c5ccccc5)ccc43)c([2H])c([2H])c2c1[2H]. The highest BCUT2D eigenvalue weighted by Gasteiger charge is 2.46. The van der Waals surface area contributed by atoms with Crippen molar-refractivity contribution < 1.29 is 14.0 Å². The van der Waals surface area contributed by atoms with Crippen LogP contribution in [0.25, 0.3) is 55.0 Å². The molecule has 1 aliphatic rings. The number of fused-ring (bicyclic) bond motifs is 7. The smallest absolute Gasteiger partial charge is 0.135 e. The van der Waals surface area contributed by atoms with Crippen molar-refractivity contribution in [3.05, 3.63) is 234 Å². The number of hydrogen-bond donors (Lipinski definition) is 0. The van der Waals surface area contributed by atoms with E-state index in [1.54, 1.807) is 0 Å². The lowest BCUT2D eigenvalue weighted by molar-refractivity contribution is 0.665. The van der Waals surface area contributed by atoms with Gasteiger partial charge in [-0.3, -0.25) is 0 Å². The summed E-state index contributed by atoms with van der Waals surface area (Å²) in [4.78, 5) is 2.24. The van der Waals surface area contributed by atoms with Crippen LogP contribution in [0, 0.1) is 0 Å². The molecule has 9 aromatic carbocycles. The van der Waals surface area contributed by atoms with Crippen LogP contribution in [-0.4, -0.2) is 0 Å². The highest BCUT2D eigenvalue weighted by molar-refractivity contribution is 6.05. The van der Waals surface area contributed by atoms with Gasteiger partial charge in [0.2, 0.25) is 0 Å². The maximum atomic E-state index is 10.0. The average Bonchev–Trinajstić information content (AvgIpc) is 3.83. The predicted molar refractivity (Wildman–Crippen MR) is 229 cm³/mol. The van der Waals surface area contributed by atoms with Crippen molar-refractivity contribution in [2.45, 2.75) is 5.41 Å². The molecule has 55 heavy (non-hydrogen) atoms. The van der Waals surface area contributed by atoms with Gasteiger partial charge in [0.25, 0.3) is 0 Å². The van der Waals surface area contributed by atoms with Crippen LogP contribution in [0.5, 0.6) is 0 Å². The lowest BCUT2D eigenvalue weighted by atomic mass is 9.67. The van der Waals surface area contributed by atoms with Crippen molar-refractivity contribution in [3.63, 3.8) is 0 Å². The van der Waals surface area contributed by atoms with Crippen molar-refractivity contribution in [2.75, 3.05) is 4.90 Å². The van der Waals surface area contributed by atoms with Gasteiger partial charge in [-0.2, -0.15) is 0 Å². The van der Waals surface area contributed by atoms with E-state index >= 15 is 0 Å². The summed E-state index contributed by atoms with van der Waals surface area (Å²) in [6, 6.07) is 54.2. The molecule has 1 atom stereocenters. The van der Waals surface area contributed by atoms with Crippen LogP contribution in [0.4, 0.5) is 17.1 Å². The number of anilines is 3. The topological polar surface area (TPSA) is 16.4 Å². The fourth-order valence-corrected chi connectivity index (χ4v) is 8.60. The minimum Gasteiger partial charge on any atom is -0.456 e. The van der Waals surface area contributed by atoms with E-state index in [4.69, 9.17) is 9.90 Å². The molecule has 0 saturated carbocycles. The normalized spacial score (nSPS) is 16.4. The zero-order valence-electron chi connectivity index (χ0n) is 36.5. The Labute approximate surface area is 330 Å². The lowest BCUT2D eigenvalue weighted by Gasteiger charge is -2.34. The number of nitrogens with zero attached hydrogens (tertiary/aromatic N) is 1. The maximum Gasteiger partial charge on any atom is 0.135 e. The molecular formula is C53H35NO. The Morgan fingerprint density at radius 1 is 0.455 bits per heavy atom. The fourth-order valence-electron chi connectivity index (χ4n) is 8.60. The first-order chi connectivity index (χ1) is 30.2. The molecule has 1 unspecified atom stereocenters. The lowest BCUT2D eigenvalue weighted by Crippen LogP contribution is -2.28. The molecule has 2 heteroatoms. The van der Waals surface area contributed by atoms with E-state index < -0.39 is 29.6 Å². The van der Waals surface area contributed by atoms with E-state index in [0.29, 0.717) is 11.1 Å². The molecule has 0 amide bonds. The molecule has 0 spiro atoms. The van der Waals surface area contributed by atoms with E-state index in [-0.39, 0.29) is 34.5 Å². The van der Waals surface area contributed by atoms with Crippen LogP contribution in [0.2, 0.25) is 0 Å². The summed E-state index contributed by atoms with van der Waals surface area (Å²) in [7, 11) is 0. The third-order valence-corrected chi connectivity index (χ3v) is 11.0. The maximum absolute atomic E-state index is 10.0. The van der Waals surface area contributed by atoms with Gasteiger partial charge in [-0.1, -0.05) is 164 Å². The van der Waals surface area contributed by atoms with Gasteiger partial charge < -0.3 is 9.32 Å². The standard InChI is InChI=1S/C53H35NO/c1-3-16-37(17-4-1)43-21-10-13-25-50(43)54(41-19-5-2-6-20-41)42-30-32-49-47(35-42)44-22-9-12-24-48(44)53(49,39-28-27-36-15-7-8-18-38(36)33-39)40-29-31-46-45-23-11-14-26-51(45)55-52(46)34-40/h1-35H/i7D,8D,15D,18D,27D,28D,33D. The molecule has 0 fully saturated rings. The Morgan fingerprint density at radius 3 is 2.02 bits per heavy atom. The largest absolute Gasteiger partial charge is 0.456 e. The second kappa shape index (κ2) is 12.5. The van der Waals surface area contributed by atoms with Crippen LogP contribution in [-0.2, 0) is 5.41 Å². The second-order valence-corrected chi connectivity index (χ2v) is 13.9. The Kier molecular flexibility index (Phi) is 5.66. The van der Waals surface area contributed by atoms with Gasteiger partial charge in [-0.25, -0.2) is 0 Å². The molecule has 0 N–H and O–H groups in total. The molecule has 0 aliphatic heterocycles. The van der Waals surface area contributed by atoms with E-state index in [2.05, 4.69) is 59.5 Å². The molecule has 11 rings (SSSR count). The summed E-state index contributed by atoms with van der Waals surface area (Å²) >= 11 is 0. The summed E-state index contributed by atoms with van der Waals surface area (Å²) in [6.07, 6.45) is 0. The third kappa shape index (κ3) is 4.82. The minimum atomic E-state index is -1.40. The first-order valence-corrected chi connectivity index (χ1v) is 18.4. The zero-order valence-corrected chi connectivity index (χ0v) is 29.5. The van der Waals surface area contributed by atoms with Crippen LogP contribution in [0.15, 0.2) is 217 Å². The number of benzene rings is 9. The molecule has 1 aliphatic carbocycles. The summed E-state index contributed by atoms with van der Waals surface area (Å²) in [5.74, 6) is 0. The van der Waals surface area contributed by atoms with E-state index in [9.17, 15) is 4.11 Å². The molecule has 2 nitrogen and oxygen atoms in total. The molecule has 0 radical (unpaired) electrons. The molecule has 0 saturated heterocycles. The van der Waals surface area contributed by atoms with Crippen molar-refractivity contribution in [1.29, 1.82) is 0 Å². The van der Waals surface area contributed by atoms with Crippen molar-refractivity contribution in [2.24, 2.45) is 0 Å². The molecular weight excluding hydrogens is 667 g/mol. The highest BCUT2D eigenvalue weighted by Crippen LogP contribution is 2.58. The monoisotopic (exact) mass is 708 g/mol. The first-order valence-electron chi connectivity index (χ1n) is 21.9. The third-order valence-electron chi connectivity index (χ3n) is 11.0. The van der Waals surface area contributed by atoms with E-state index in [1.165, 1.54) is 0 Å². The van der Waals surface area contributed by atoms with Gasteiger partial charge in [-0.05, 0) is 98.2 Å². The summed E-state index contributed by atoms with van der Waals surface area (Å²) in [6.45, 7) is 0. The number of para-hydroxylation sites is 3. The van der Waals surface area contributed by atoms with Gasteiger partial charge in [0.15, 0.2) is 0 Å². The number of furan rings is 1. The van der Waals surface area contributed by atoms with Crippen molar-refractivity contribution in [1.82, 2.24) is 0 Å². The molecule has 1 heterocycles. The van der Waals surface area contributed by atoms with Crippen LogP contribution < -0.4 is 4.90 Å². The molecule has 258 valence electrons. The zero-order chi connectivity index (χ0) is 42.4. The van der Waals surface area contributed by atoms with Crippen LogP contribution >= 0.6 is 0 Å². The molecule has 0 bridgehead atoms. The Morgan fingerprint density at radius 2 is 1.15 bits per heavy atom. The van der Waals surface area contributed by atoms with Crippen LogP contribution in [0.1, 0.15) is 31.8 Å².